The minimum Gasteiger partial charge on any atom is -0.497 e. The summed E-state index contributed by atoms with van der Waals surface area (Å²) in [7, 11) is 1.62. The molecule has 3 aromatic carbocycles. The number of amides is 1. The van der Waals surface area contributed by atoms with Crippen molar-refractivity contribution in [3.05, 3.63) is 108 Å². The molecule has 1 amide bonds. The first kappa shape index (κ1) is 21.5. The number of methoxy groups -OCH3 is 1. The van der Waals surface area contributed by atoms with Gasteiger partial charge in [-0.15, -0.1) is 5.10 Å². The fourth-order valence-electron chi connectivity index (χ4n) is 4.13. The molecule has 0 fully saturated rings. The van der Waals surface area contributed by atoms with Gasteiger partial charge in [-0.1, -0.05) is 72.8 Å². The summed E-state index contributed by atoms with van der Waals surface area (Å²) < 4.78 is 7.02. The maximum atomic E-state index is 12.5. The van der Waals surface area contributed by atoms with E-state index in [0.717, 1.165) is 23.3 Å². The number of nitrogens with one attached hydrogen (secondary N) is 2. The summed E-state index contributed by atoms with van der Waals surface area (Å²) in [6.07, 6.45) is 4.02. The van der Waals surface area contributed by atoms with Crippen molar-refractivity contribution in [2.45, 2.75) is 18.5 Å². The molecule has 1 aliphatic rings. The Bertz CT molecular complexity index is 1280. The molecular weight excluding hydrogens is 426 g/mol. The zero-order valence-corrected chi connectivity index (χ0v) is 18.8. The maximum Gasteiger partial charge on any atom is 0.250 e. The SMILES string of the molecule is COc1ccc(/C=C/C(=O)Nc2nc3n(n2)[C@H](c2ccccc2)C[C@H](c2ccccc2)N3)cc1. The Hall–Kier alpha value is -4.39. The number of ether oxygens (including phenoxy) is 1. The predicted octanol–water partition coefficient (Wildman–Crippen LogP) is 5.08. The number of aromatic nitrogens is 3. The summed E-state index contributed by atoms with van der Waals surface area (Å²) >= 11 is 0. The fourth-order valence-corrected chi connectivity index (χ4v) is 4.13. The third kappa shape index (κ3) is 4.68. The van der Waals surface area contributed by atoms with Gasteiger partial charge in [0.2, 0.25) is 5.95 Å². The van der Waals surface area contributed by atoms with Gasteiger partial charge in [-0.3, -0.25) is 10.1 Å². The molecule has 2 heterocycles. The number of nitrogens with zero attached hydrogens (tertiary/aromatic N) is 3. The van der Waals surface area contributed by atoms with Crippen molar-refractivity contribution < 1.29 is 9.53 Å². The van der Waals surface area contributed by atoms with Gasteiger partial charge >= 0.3 is 0 Å². The summed E-state index contributed by atoms with van der Waals surface area (Å²) in [5, 5.41) is 10.9. The number of anilines is 2. The normalized spacial score (nSPS) is 17.1. The van der Waals surface area contributed by atoms with E-state index >= 15 is 0 Å². The quantitative estimate of drug-likeness (QED) is 0.399. The predicted molar refractivity (Wildman–Crippen MR) is 133 cm³/mol. The van der Waals surface area contributed by atoms with Gasteiger partial charge in [0.1, 0.15) is 5.75 Å². The van der Waals surface area contributed by atoms with Crippen LogP contribution in [0.2, 0.25) is 0 Å². The second-order valence-electron chi connectivity index (χ2n) is 8.07. The van der Waals surface area contributed by atoms with Crippen LogP contribution in [0.1, 0.15) is 35.2 Å². The minimum atomic E-state index is -0.297. The van der Waals surface area contributed by atoms with E-state index in [1.54, 1.807) is 13.2 Å². The van der Waals surface area contributed by atoms with E-state index in [4.69, 9.17) is 4.74 Å². The van der Waals surface area contributed by atoms with Crippen LogP contribution in [0.15, 0.2) is 91.0 Å². The molecule has 0 radical (unpaired) electrons. The van der Waals surface area contributed by atoms with Crippen molar-refractivity contribution in [3.8, 4) is 5.75 Å². The van der Waals surface area contributed by atoms with Crippen LogP contribution in [0.4, 0.5) is 11.9 Å². The molecule has 7 nitrogen and oxygen atoms in total. The van der Waals surface area contributed by atoms with Gasteiger partial charge in [0, 0.05) is 6.08 Å². The fraction of sp³-hybridized carbons (Fsp3) is 0.148. The van der Waals surface area contributed by atoms with E-state index in [2.05, 4.69) is 45.0 Å². The molecule has 0 aliphatic carbocycles. The highest BCUT2D eigenvalue weighted by atomic mass is 16.5. The number of hydrogen-bond donors (Lipinski definition) is 2. The smallest absolute Gasteiger partial charge is 0.250 e. The van der Waals surface area contributed by atoms with E-state index in [9.17, 15) is 4.79 Å². The van der Waals surface area contributed by atoms with Crippen LogP contribution in [-0.2, 0) is 4.79 Å². The lowest BCUT2D eigenvalue weighted by molar-refractivity contribution is -0.111. The average molecular weight is 452 g/mol. The maximum absolute atomic E-state index is 12.5. The molecule has 2 N–H and O–H groups in total. The van der Waals surface area contributed by atoms with Crippen LogP contribution in [0.25, 0.3) is 6.08 Å². The van der Waals surface area contributed by atoms with Crippen LogP contribution < -0.4 is 15.4 Å². The minimum absolute atomic E-state index is 0.00403. The molecule has 7 heteroatoms. The molecule has 1 aliphatic heterocycles. The molecule has 0 saturated carbocycles. The molecule has 0 bridgehead atoms. The van der Waals surface area contributed by atoms with Crippen molar-refractivity contribution in [1.82, 2.24) is 14.8 Å². The zero-order chi connectivity index (χ0) is 23.3. The number of hydrogen-bond acceptors (Lipinski definition) is 5. The van der Waals surface area contributed by atoms with E-state index < -0.39 is 0 Å². The third-order valence-corrected chi connectivity index (χ3v) is 5.85. The van der Waals surface area contributed by atoms with Crippen LogP contribution in [0, 0.1) is 0 Å². The zero-order valence-electron chi connectivity index (χ0n) is 18.8. The molecule has 170 valence electrons. The lowest BCUT2D eigenvalue weighted by Crippen LogP contribution is -2.28. The van der Waals surface area contributed by atoms with Crippen LogP contribution in [0.5, 0.6) is 5.75 Å². The topological polar surface area (TPSA) is 81.1 Å². The highest BCUT2D eigenvalue weighted by Crippen LogP contribution is 2.38. The van der Waals surface area contributed by atoms with Crippen molar-refractivity contribution in [3.63, 3.8) is 0 Å². The molecule has 0 saturated heterocycles. The summed E-state index contributed by atoms with van der Waals surface area (Å²) in [4.78, 5) is 17.1. The van der Waals surface area contributed by atoms with Gasteiger partial charge in [-0.2, -0.15) is 4.98 Å². The second kappa shape index (κ2) is 9.62. The first-order chi connectivity index (χ1) is 16.7. The molecular formula is C27H25N5O2. The van der Waals surface area contributed by atoms with E-state index in [1.165, 1.54) is 11.6 Å². The lowest BCUT2D eigenvalue weighted by Gasteiger charge is -2.31. The van der Waals surface area contributed by atoms with Gasteiger partial charge in [0.05, 0.1) is 19.2 Å². The third-order valence-electron chi connectivity index (χ3n) is 5.85. The monoisotopic (exact) mass is 451 g/mol. The molecule has 0 spiro atoms. The highest BCUT2D eigenvalue weighted by Gasteiger charge is 2.31. The molecule has 0 unspecified atom stereocenters. The summed E-state index contributed by atoms with van der Waals surface area (Å²) in [5.41, 5.74) is 3.23. The van der Waals surface area contributed by atoms with Gasteiger partial charge in [0.25, 0.3) is 11.9 Å². The summed E-state index contributed by atoms with van der Waals surface area (Å²) in [5.74, 6) is 1.36. The van der Waals surface area contributed by atoms with E-state index in [-0.39, 0.29) is 23.9 Å². The van der Waals surface area contributed by atoms with Crippen molar-refractivity contribution >= 4 is 23.9 Å². The van der Waals surface area contributed by atoms with Crippen LogP contribution in [-0.4, -0.2) is 27.8 Å². The first-order valence-corrected chi connectivity index (χ1v) is 11.2. The Kier molecular flexibility index (Phi) is 6.07. The van der Waals surface area contributed by atoms with Crippen molar-refractivity contribution in [2.24, 2.45) is 0 Å². The summed E-state index contributed by atoms with van der Waals surface area (Å²) in [6.45, 7) is 0. The average Bonchev–Trinajstić information content (AvgIpc) is 3.30. The highest BCUT2D eigenvalue weighted by molar-refractivity contribution is 6.00. The Morgan fingerprint density at radius 3 is 2.35 bits per heavy atom. The molecule has 5 rings (SSSR count). The van der Waals surface area contributed by atoms with Gasteiger partial charge in [0.15, 0.2) is 0 Å². The number of carbonyl (C=O) groups is 1. The number of benzene rings is 3. The Morgan fingerprint density at radius 1 is 1.00 bits per heavy atom. The van der Waals surface area contributed by atoms with Gasteiger partial charge in [-0.25, -0.2) is 4.68 Å². The molecule has 2 atom stereocenters. The molecule has 1 aromatic heterocycles. The molecule has 4 aromatic rings. The number of rotatable bonds is 6. The van der Waals surface area contributed by atoms with E-state index in [0.29, 0.717) is 5.95 Å². The number of fused-ring (bicyclic) bond motifs is 1. The molecule has 34 heavy (non-hydrogen) atoms. The van der Waals surface area contributed by atoms with Crippen molar-refractivity contribution in [1.29, 1.82) is 0 Å². The first-order valence-electron chi connectivity index (χ1n) is 11.2. The van der Waals surface area contributed by atoms with Crippen molar-refractivity contribution in [2.75, 3.05) is 17.7 Å². The standard InChI is InChI=1S/C27H25N5O2/c1-34-22-15-12-19(13-16-22)14-17-25(33)29-26-30-27-28-23(20-8-4-2-5-9-20)18-24(32(27)31-26)21-10-6-3-7-11-21/h2-17,23-24H,18H2,1H3,(H2,28,29,30,31,33)/b17-14+/t23-,24+/m1/s1. The van der Waals surface area contributed by atoms with Gasteiger partial charge < -0.3 is 10.1 Å². The Labute approximate surface area is 198 Å². The van der Waals surface area contributed by atoms with Gasteiger partial charge in [-0.05, 0) is 41.3 Å². The largest absolute Gasteiger partial charge is 0.497 e. The Morgan fingerprint density at radius 2 is 1.68 bits per heavy atom. The summed E-state index contributed by atoms with van der Waals surface area (Å²) in [6, 6.07) is 28.1. The van der Waals surface area contributed by atoms with E-state index in [1.807, 2.05) is 65.3 Å². The lowest BCUT2D eigenvalue weighted by atomic mass is 9.93. The van der Waals surface area contributed by atoms with Crippen LogP contribution >= 0.6 is 0 Å². The Balaban J connectivity index is 1.37. The van der Waals surface area contributed by atoms with Crippen LogP contribution in [0.3, 0.4) is 0 Å². The number of carbonyl (C=O) groups excluding carboxylic acids is 1. The second-order valence-corrected chi connectivity index (χ2v) is 8.07.